The van der Waals surface area contributed by atoms with Crippen LogP contribution in [0.1, 0.15) is 21.0 Å². The quantitative estimate of drug-likeness (QED) is 0.188. The molecule has 0 N–H and O–H groups in total. The SMILES string of the molecule is O=C(COC(=O)c1nc(-c2ccc(Br)cc2)n(-c2ccc(Br)cc2)n1)c1ccc(Br)cc1. The summed E-state index contributed by atoms with van der Waals surface area (Å²) in [5.41, 5.74) is 1.95. The third-order valence-electron chi connectivity index (χ3n) is 4.46. The molecule has 0 radical (unpaired) electrons. The van der Waals surface area contributed by atoms with Crippen LogP contribution in [0.4, 0.5) is 0 Å². The van der Waals surface area contributed by atoms with Crippen LogP contribution in [-0.4, -0.2) is 33.1 Å². The maximum absolute atomic E-state index is 12.6. The molecule has 160 valence electrons. The molecular formula is C23H14Br3N3O3. The van der Waals surface area contributed by atoms with Gasteiger partial charge in [0.05, 0.1) is 5.69 Å². The summed E-state index contributed by atoms with van der Waals surface area (Å²) in [4.78, 5) is 29.4. The minimum absolute atomic E-state index is 0.130. The second kappa shape index (κ2) is 9.89. The van der Waals surface area contributed by atoms with Gasteiger partial charge in [0, 0.05) is 24.5 Å². The minimum atomic E-state index is -0.773. The van der Waals surface area contributed by atoms with Gasteiger partial charge in [-0.1, -0.05) is 72.1 Å². The van der Waals surface area contributed by atoms with Crippen LogP contribution in [0.5, 0.6) is 0 Å². The molecule has 9 heteroatoms. The number of hydrogen-bond acceptors (Lipinski definition) is 5. The van der Waals surface area contributed by atoms with E-state index in [4.69, 9.17) is 4.74 Å². The van der Waals surface area contributed by atoms with Gasteiger partial charge in [0.15, 0.2) is 18.2 Å². The fourth-order valence-electron chi connectivity index (χ4n) is 2.86. The van der Waals surface area contributed by atoms with E-state index in [2.05, 4.69) is 57.9 Å². The number of benzene rings is 3. The molecule has 6 nitrogen and oxygen atoms in total. The van der Waals surface area contributed by atoms with E-state index in [0.717, 1.165) is 24.7 Å². The molecule has 0 unspecified atom stereocenters. The summed E-state index contributed by atoms with van der Waals surface area (Å²) in [7, 11) is 0. The fourth-order valence-corrected chi connectivity index (χ4v) is 3.65. The van der Waals surface area contributed by atoms with Gasteiger partial charge in [-0.05, 0) is 48.5 Å². The molecular weight excluding hydrogens is 606 g/mol. The molecule has 1 aromatic heterocycles. The summed E-state index contributed by atoms with van der Waals surface area (Å²) in [6.07, 6.45) is 0. The highest BCUT2D eigenvalue weighted by molar-refractivity contribution is 9.11. The number of carbonyl (C=O) groups is 2. The summed E-state index contributed by atoms with van der Waals surface area (Å²) < 4.78 is 9.46. The maximum Gasteiger partial charge on any atom is 0.378 e. The number of hydrogen-bond donors (Lipinski definition) is 0. The fraction of sp³-hybridized carbons (Fsp3) is 0.0435. The van der Waals surface area contributed by atoms with E-state index in [0.29, 0.717) is 11.4 Å². The molecule has 0 spiro atoms. The number of esters is 1. The van der Waals surface area contributed by atoms with Gasteiger partial charge in [0.25, 0.3) is 5.82 Å². The Labute approximate surface area is 209 Å². The van der Waals surface area contributed by atoms with E-state index < -0.39 is 12.6 Å². The molecule has 0 saturated heterocycles. The lowest BCUT2D eigenvalue weighted by Crippen LogP contribution is -2.15. The van der Waals surface area contributed by atoms with Crippen molar-refractivity contribution in [2.75, 3.05) is 6.61 Å². The van der Waals surface area contributed by atoms with Gasteiger partial charge in [-0.3, -0.25) is 4.79 Å². The van der Waals surface area contributed by atoms with Crippen molar-refractivity contribution in [2.24, 2.45) is 0 Å². The third kappa shape index (κ3) is 5.23. The van der Waals surface area contributed by atoms with E-state index in [-0.39, 0.29) is 11.6 Å². The molecule has 0 aliphatic carbocycles. The highest BCUT2D eigenvalue weighted by Crippen LogP contribution is 2.24. The first-order valence-corrected chi connectivity index (χ1v) is 11.7. The summed E-state index contributed by atoms with van der Waals surface area (Å²) in [5, 5.41) is 4.36. The average Bonchev–Trinajstić information content (AvgIpc) is 3.24. The number of ketones is 1. The zero-order valence-corrected chi connectivity index (χ0v) is 21.1. The van der Waals surface area contributed by atoms with Crippen LogP contribution >= 0.6 is 47.8 Å². The highest BCUT2D eigenvalue weighted by Gasteiger charge is 2.21. The minimum Gasteiger partial charge on any atom is -0.451 e. The first-order valence-electron chi connectivity index (χ1n) is 9.35. The van der Waals surface area contributed by atoms with Crippen LogP contribution in [0, 0.1) is 0 Å². The Morgan fingerprint density at radius 1 is 0.781 bits per heavy atom. The molecule has 4 rings (SSSR count). The van der Waals surface area contributed by atoms with Crippen LogP contribution in [0.3, 0.4) is 0 Å². The summed E-state index contributed by atoms with van der Waals surface area (Å²) in [6.45, 7) is -0.402. The molecule has 4 aromatic rings. The number of rotatable bonds is 6. The predicted molar refractivity (Wildman–Crippen MR) is 131 cm³/mol. The summed E-state index contributed by atoms with van der Waals surface area (Å²) in [6, 6.07) is 21.8. The monoisotopic (exact) mass is 617 g/mol. The standard InChI is InChI=1S/C23H14Br3N3O3/c24-16-5-1-14(2-6-16)20(30)13-32-23(31)21-27-22(15-3-7-17(25)8-4-15)29(28-21)19-11-9-18(26)10-12-19/h1-12H,13H2. The van der Waals surface area contributed by atoms with E-state index in [1.54, 1.807) is 28.9 Å². The zero-order chi connectivity index (χ0) is 22.7. The van der Waals surface area contributed by atoms with Crippen molar-refractivity contribution in [2.45, 2.75) is 0 Å². The second-order valence-electron chi connectivity index (χ2n) is 6.66. The molecule has 0 aliphatic rings. The Bertz CT molecular complexity index is 1210. The Balaban J connectivity index is 1.60. The van der Waals surface area contributed by atoms with E-state index in [1.807, 2.05) is 48.5 Å². The van der Waals surface area contributed by atoms with Crippen molar-refractivity contribution < 1.29 is 14.3 Å². The first kappa shape index (κ1) is 22.6. The Morgan fingerprint density at radius 2 is 1.31 bits per heavy atom. The van der Waals surface area contributed by atoms with Crippen LogP contribution in [0.25, 0.3) is 17.1 Å². The molecule has 0 aliphatic heterocycles. The number of ether oxygens (including phenoxy) is 1. The van der Waals surface area contributed by atoms with Crippen LogP contribution in [0.15, 0.2) is 86.2 Å². The van der Waals surface area contributed by atoms with E-state index in [1.165, 1.54) is 0 Å². The largest absolute Gasteiger partial charge is 0.451 e. The zero-order valence-electron chi connectivity index (χ0n) is 16.3. The Morgan fingerprint density at radius 3 is 1.91 bits per heavy atom. The number of Topliss-reactive ketones (excluding diaryl/α,β-unsaturated/α-hetero) is 1. The van der Waals surface area contributed by atoms with Gasteiger partial charge in [-0.2, -0.15) is 0 Å². The number of carbonyl (C=O) groups excluding carboxylic acids is 2. The van der Waals surface area contributed by atoms with Gasteiger partial charge in [0.2, 0.25) is 0 Å². The third-order valence-corrected chi connectivity index (χ3v) is 6.05. The van der Waals surface area contributed by atoms with Gasteiger partial charge in [-0.15, -0.1) is 5.10 Å². The van der Waals surface area contributed by atoms with Gasteiger partial charge >= 0.3 is 5.97 Å². The Kier molecular flexibility index (Phi) is 6.98. The van der Waals surface area contributed by atoms with Crippen LogP contribution in [-0.2, 0) is 4.74 Å². The molecule has 0 amide bonds. The molecule has 1 heterocycles. The summed E-state index contributed by atoms with van der Waals surface area (Å²) >= 11 is 10.2. The van der Waals surface area contributed by atoms with Crippen molar-refractivity contribution in [3.05, 3.63) is 97.6 Å². The number of halogens is 3. The van der Waals surface area contributed by atoms with E-state index >= 15 is 0 Å². The summed E-state index contributed by atoms with van der Waals surface area (Å²) in [5.74, 6) is -0.739. The van der Waals surface area contributed by atoms with Gasteiger partial charge in [-0.25, -0.2) is 14.5 Å². The van der Waals surface area contributed by atoms with Crippen LogP contribution < -0.4 is 0 Å². The molecule has 0 saturated carbocycles. The lowest BCUT2D eigenvalue weighted by atomic mass is 10.1. The molecule has 3 aromatic carbocycles. The van der Waals surface area contributed by atoms with Crippen molar-refractivity contribution in [1.29, 1.82) is 0 Å². The smallest absolute Gasteiger partial charge is 0.378 e. The van der Waals surface area contributed by atoms with E-state index in [9.17, 15) is 9.59 Å². The topological polar surface area (TPSA) is 74.1 Å². The lowest BCUT2D eigenvalue weighted by Gasteiger charge is -2.06. The van der Waals surface area contributed by atoms with Crippen LogP contribution in [0.2, 0.25) is 0 Å². The van der Waals surface area contributed by atoms with Crippen molar-refractivity contribution in [1.82, 2.24) is 14.8 Å². The Hall–Kier alpha value is -2.62. The molecule has 0 bridgehead atoms. The van der Waals surface area contributed by atoms with Crippen molar-refractivity contribution in [3.63, 3.8) is 0 Å². The first-order chi connectivity index (χ1) is 15.4. The van der Waals surface area contributed by atoms with Crippen molar-refractivity contribution >= 4 is 59.5 Å². The van der Waals surface area contributed by atoms with Crippen molar-refractivity contribution in [3.8, 4) is 17.1 Å². The van der Waals surface area contributed by atoms with Gasteiger partial charge < -0.3 is 4.74 Å². The number of nitrogens with zero attached hydrogens (tertiary/aromatic N) is 3. The molecule has 0 atom stereocenters. The average molecular weight is 620 g/mol. The number of aromatic nitrogens is 3. The normalized spacial score (nSPS) is 10.7. The molecule has 32 heavy (non-hydrogen) atoms. The second-order valence-corrected chi connectivity index (χ2v) is 9.41. The maximum atomic E-state index is 12.6. The molecule has 0 fully saturated rings. The highest BCUT2D eigenvalue weighted by atomic mass is 79.9. The van der Waals surface area contributed by atoms with Gasteiger partial charge in [0.1, 0.15) is 0 Å². The lowest BCUT2D eigenvalue weighted by molar-refractivity contribution is 0.0462. The predicted octanol–water partition coefficient (Wildman–Crippen LogP) is 6.26.